The minimum Gasteiger partial charge on any atom is -0.480 e. The molecule has 0 bridgehead atoms. The van der Waals surface area contributed by atoms with Crippen LogP contribution in [0.3, 0.4) is 0 Å². The van der Waals surface area contributed by atoms with Crippen molar-refractivity contribution in [1.82, 2.24) is 29.7 Å². The van der Waals surface area contributed by atoms with Crippen molar-refractivity contribution >= 4 is 50.6 Å². The average Bonchev–Trinajstić information content (AvgIpc) is 3.52. The summed E-state index contributed by atoms with van der Waals surface area (Å²) in [5, 5.41) is 36.5. The van der Waals surface area contributed by atoms with Crippen LogP contribution in [0.1, 0.15) is 58.6 Å². The standard InChI is InChI=1S/C27H45N9O9S/c1-15(2)35(12-9-16(28)26(41)42)24(40)21-19(38)20(39)25(45-21)36-14-32-18-22(29)33-27(34-23(18)36)31-11-10-30-17(37)8-6-4-5-7-13-46(3,43)44/h14-16,19-21,25,38-39H,4-13,28H2,1-3H3,(H,30,37)(H,41,42)(H3,29,31,33,34)/t16-,19-,20+,21-,25+/m0/s1. The second-order valence-electron chi connectivity index (χ2n) is 11.6. The van der Waals surface area contributed by atoms with E-state index in [2.05, 4.69) is 25.6 Å². The monoisotopic (exact) mass is 671 g/mol. The van der Waals surface area contributed by atoms with Crippen molar-refractivity contribution in [3.05, 3.63) is 6.33 Å². The Bertz CT molecular complexity index is 1470. The minimum absolute atomic E-state index is 0.00212. The molecule has 0 aromatic carbocycles. The topological polar surface area (TPSA) is 278 Å². The molecule has 258 valence electrons. The summed E-state index contributed by atoms with van der Waals surface area (Å²) in [6.07, 6.45) is -0.397. The molecule has 1 fully saturated rings. The van der Waals surface area contributed by atoms with E-state index in [1.165, 1.54) is 22.1 Å². The number of imidazole rings is 1. The lowest BCUT2D eigenvalue weighted by Gasteiger charge is -2.30. The van der Waals surface area contributed by atoms with E-state index in [4.69, 9.17) is 21.3 Å². The number of carbonyl (C=O) groups excluding carboxylic acids is 2. The van der Waals surface area contributed by atoms with Crippen LogP contribution in [-0.2, 0) is 29.0 Å². The maximum absolute atomic E-state index is 13.4. The third-order valence-electron chi connectivity index (χ3n) is 7.51. The fourth-order valence-corrected chi connectivity index (χ4v) is 5.68. The highest BCUT2D eigenvalue weighted by Gasteiger charge is 2.49. The van der Waals surface area contributed by atoms with Crippen molar-refractivity contribution in [2.45, 2.75) is 89.0 Å². The second-order valence-corrected chi connectivity index (χ2v) is 13.9. The summed E-state index contributed by atoms with van der Waals surface area (Å²) in [4.78, 5) is 50.7. The van der Waals surface area contributed by atoms with Crippen LogP contribution in [0.4, 0.5) is 11.8 Å². The normalized spacial score (nSPS) is 20.6. The fraction of sp³-hybridized carbons (Fsp3) is 0.704. The molecule has 0 unspecified atom stereocenters. The number of aromatic nitrogens is 4. The van der Waals surface area contributed by atoms with Crippen LogP contribution in [0.5, 0.6) is 0 Å². The van der Waals surface area contributed by atoms with Gasteiger partial charge in [0.2, 0.25) is 11.9 Å². The van der Waals surface area contributed by atoms with Crippen LogP contribution < -0.4 is 22.1 Å². The number of fused-ring (bicyclic) bond motifs is 1. The zero-order valence-corrected chi connectivity index (χ0v) is 27.0. The maximum Gasteiger partial charge on any atom is 0.320 e. The predicted molar refractivity (Wildman–Crippen MR) is 167 cm³/mol. The first-order valence-electron chi connectivity index (χ1n) is 15.1. The quantitative estimate of drug-likeness (QED) is 0.0897. The number of hydrogen-bond acceptors (Lipinski definition) is 14. The van der Waals surface area contributed by atoms with E-state index >= 15 is 0 Å². The molecule has 1 aliphatic heterocycles. The zero-order valence-electron chi connectivity index (χ0n) is 26.2. The van der Waals surface area contributed by atoms with Crippen molar-refractivity contribution in [1.29, 1.82) is 0 Å². The Balaban J connectivity index is 1.59. The van der Waals surface area contributed by atoms with E-state index in [9.17, 15) is 33.0 Å². The summed E-state index contributed by atoms with van der Waals surface area (Å²) in [5.41, 5.74) is 12.0. The lowest BCUT2D eigenvalue weighted by molar-refractivity contribution is -0.151. The Morgan fingerprint density at radius 2 is 1.80 bits per heavy atom. The van der Waals surface area contributed by atoms with Crippen LogP contribution in [0.2, 0.25) is 0 Å². The van der Waals surface area contributed by atoms with Crippen molar-refractivity contribution < 1.29 is 42.9 Å². The zero-order chi connectivity index (χ0) is 34.2. The third-order valence-corrected chi connectivity index (χ3v) is 8.54. The minimum atomic E-state index is -2.97. The number of aliphatic hydroxyl groups is 2. The molecule has 2 aromatic rings. The highest BCUT2D eigenvalue weighted by molar-refractivity contribution is 7.90. The number of unbranched alkanes of at least 4 members (excludes halogenated alkanes) is 3. The molecule has 1 saturated heterocycles. The number of carboxylic acids is 1. The molecule has 3 heterocycles. The maximum atomic E-state index is 13.4. The Kier molecular flexibility index (Phi) is 13.0. The number of rotatable bonds is 18. The Labute approximate surface area is 266 Å². The number of aliphatic carboxylic acids is 1. The second kappa shape index (κ2) is 16.3. The van der Waals surface area contributed by atoms with Crippen LogP contribution in [-0.4, -0.2) is 128 Å². The van der Waals surface area contributed by atoms with Gasteiger partial charge in [-0.3, -0.25) is 19.0 Å². The molecule has 18 nitrogen and oxygen atoms in total. The number of hydrogen-bond donors (Lipinski definition) is 7. The number of nitrogens with zero attached hydrogens (tertiary/aromatic N) is 5. The van der Waals surface area contributed by atoms with Crippen LogP contribution in [0.15, 0.2) is 6.33 Å². The van der Waals surface area contributed by atoms with Gasteiger partial charge in [-0.2, -0.15) is 9.97 Å². The molecule has 1 aliphatic rings. The summed E-state index contributed by atoms with van der Waals surface area (Å²) in [6, 6.07) is -1.56. The molecular weight excluding hydrogens is 626 g/mol. The van der Waals surface area contributed by atoms with Gasteiger partial charge in [0, 0.05) is 44.1 Å². The molecule has 19 heteroatoms. The van der Waals surface area contributed by atoms with Gasteiger partial charge in [-0.25, -0.2) is 13.4 Å². The SMILES string of the molecule is CC(C)N(CC[C@H](N)C(=O)O)C(=O)[C@H]1O[C@@H](n2cnc3c(N)nc(NCCNC(=O)CCCCCCS(C)(=O)=O)nc32)[C@H](O)[C@@H]1O. The number of nitrogen functional groups attached to an aromatic ring is 1. The number of nitrogens with one attached hydrogen (secondary N) is 2. The molecule has 2 aromatic heterocycles. The molecule has 2 amide bonds. The van der Waals surface area contributed by atoms with Gasteiger partial charge in [0.05, 0.1) is 6.33 Å². The Hall–Kier alpha value is -3.65. The lowest BCUT2D eigenvalue weighted by Crippen LogP contribution is -2.49. The Morgan fingerprint density at radius 3 is 2.46 bits per heavy atom. The van der Waals surface area contributed by atoms with E-state index in [0.717, 1.165) is 12.8 Å². The van der Waals surface area contributed by atoms with Crippen molar-refractivity contribution in [3.8, 4) is 0 Å². The van der Waals surface area contributed by atoms with Gasteiger partial charge in [0.1, 0.15) is 33.6 Å². The van der Waals surface area contributed by atoms with Crippen molar-refractivity contribution in [2.75, 3.05) is 42.7 Å². The van der Waals surface area contributed by atoms with E-state index in [-0.39, 0.29) is 66.7 Å². The molecule has 9 N–H and O–H groups in total. The molecule has 0 aliphatic carbocycles. The van der Waals surface area contributed by atoms with Crippen LogP contribution in [0, 0.1) is 0 Å². The number of sulfone groups is 1. The smallest absolute Gasteiger partial charge is 0.320 e. The number of carboxylic acid groups (broad SMARTS) is 1. The van der Waals surface area contributed by atoms with E-state index in [1.807, 2.05) is 0 Å². The predicted octanol–water partition coefficient (Wildman–Crippen LogP) is -1.41. The number of carbonyl (C=O) groups is 3. The molecule has 0 spiro atoms. The first kappa shape index (κ1) is 36.8. The highest BCUT2D eigenvalue weighted by Crippen LogP contribution is 2.33. The van der Waals surface area contributed by atoms with Gasteiger partial charge < -0.3 is 47.1 Å². The van der Waals surface area contributed by atoms with Gasteiger partial charge in [0.25, 0.3) is 5.91 Å². The van der Waals surface area contributed by atoms with Gasteiger partial charge in [-0.1, -0.05) is 12.8 Å². The number of ether oxygens (including phenoxy) is 1. The summed E-state index contributed by atoms with van der Waals surface area (Å²) >= 11 is 0. The largest absolute Gasteiger partial charge is 0.480 e. The van der Waals surface area contributed by atoms with E-state index in [1.54, 1.807) is 13.8 Å². The molecule has 3 rings (SSSR count). The molecular formula is C27H45N9O9S. The first-order valence-corrected chi connectivity index (χ1v) is 17.2. The number of anilines is 2. The molecule has 5 atom stereocenters. The number of aliphatic hydroxyl groups excluding tert-OH is 2. The highest BCUT2D eigenvalue weighted by atomic mass is 32.2. The van der Waals surface area contributed by atoms with Crippen molar-refractivity contribution in [2.24, 2.45) is 5.73 Å². The molecule has 0 saturated carbocycles. The fourth-order valence-electron chi connectivity index (χ4n) is 4.95. The lowest BCUT2D eigenvalue weighted by atomic mass is 10.1. The van der Waals surface area contributed by atoms with E-state index < -0.39 is 52.3 Å². The average molecular weight is 672 g/mol. The van der Waals surface area contributed by atoms with E-state index in [0.29, 0.717) is 19.3 Å². The third kappa shape index (κ3) is 9.92. The number of amides is 2. The summed E-state index contributed by atoms with van der Waals surface area (Å²) in [6.45, 7) is 3.95. The van der Waals surface area contributed by atoms with Crippen LogP contribution in [0.25, 0.3) is 11.2 Å². The number of nitrogens with two attached hydrogens (primary N) is 2. The summed E-state index contributed by atoms with van der Waals surface area (Å²) in [5.74, 6) is -1.72. The summed E-state index contributed by atoms with van der Waals surface area (Å²) < 4.78 is 29.5. The molecule has 46 heavy (non-hydrogen) atoms. The van der Waals surface area contributed by atoms with Gasteiger partial charge in [0.15, 0.2) is 23.8 Å². The molecule has 0 radical (unpaired) electrons. The van der Waals surface area contributed by atoms with Crippen LogP contribution >= 0.6 is 0 Å². The van der Waals surface area contributed by atoms with Crippen molar-refractivity contribution in [3.63, 3.8) is 0 Å². The summed E-state index contributed by atoms with van der Waals surface area (Å²) in [7, 11) is -2.97. The Morgan fingerprint density at radius 1 is 1.11 bits per heavy atom. The first-order chi connectivity index (χ1) is 21.6. The van der Waals surface area contributed by atoms with Gasteiger partial charge in [-0.05, 0) is 33.1 Å². The van der Waals surface area contributed by atoms with Gasteiger partial charge >= 0.3 is 5.97 Å². The van der Waals surface area contributed by atoms with Gasteiger partial charge in [-0.15, -0.1) is 0 Å².